The minimum absolute atomic E-state index is 0.0120. The van der Waals surface area contributed by atoms with Gasteiger partial charge in [0.05, 0.1) is 12.2 Å². The van der Waals surface area contributed by atoms with Crippen molar-refractivity contribution in [3.05, 3.63) is 75.9 Å². The van der Waals surface area contributed by atoms with Crippen LogP contribution < -0.4 is 5.62 Å². The molecule has 4 nitrogen and oxygen atoms in total. The number of nitrogens with one attached hydrogen (secondary N) is 1. The van der Waals surface area contributed by atoms with Crippen LogP contribution in [0.1, 0.15) is 15.9 Å². The zero-order chi connectivity index (χ0) is 17.3. The molecule has 0 unspecified atom stereocenters. The maximum Gasteiger partial charge on any atom is 0.202 e. The minimum Gasteiger partial charge on any atom is -0.314 e. The molecule has 1 N–H and O–H groups in total. The van der Waals surface area contributed by atoms with Gasteiger partial charge in [0.15, 0.2) is 5.78 Å². The van der Waals surface area contributed by atoms with E-state index in [2.05, 4.69) is 15.9 Å². The average Bonchev–Trinajstić information content (AvgIpc) is 2.85. The van der Waals surface area contributed by atoms with Crippen LogP contribution in [0.4, 0.5) is 0 Å². The second-order valence-electron chi connectivity index (χ2n) is 5.82. The molecule has 0 amide bonds. The molecule has 3 rings (SSSR count). The van der Waals surface area contributed by atoms with E-state index >= 15 is 0 Å². The molecule has 0 saturated heterocycles. The van der Waals surface area contributed by atoms with Crippen molar-refractivity contribution < 1.29 is 4.79 Å². The number of ketones is 1. The lowest BCUT2D eigenvalue weighted by Gasteiger charge is -2.02. The van der Waals surface area contributed by atoms with Crippen LogP contribution in [0.2, 0.25) is 0 Å². The van der Waals surface area contributed by atoms with Gasteiger partial charge in [-0.1, -0.05) is 57.9 Å². The summed E-state index contributed by atoms with van der Waals surface area (Å²) in [6.07, 6.45) is 1.86. The third-order valence-corrected chi connectivity index (χ3v) is 4.59. The Kier molecular flexibility index (Phi) is 4.53. The molecule has 24 heavy (non-hydrogen) atoms. The normalized spacial score (nSPS) is 10.8. The maximum atomic E-state index is 12.5. The number of Topliss-reactive ketones (excluding diaryl/α,β-unsaturated/α-hetero) is 1. The van der Waals surface area contributed by atoms with Crippen LogP contribution in [0.5, 0.6) is 0 Å². The Bertz CT molecular complexity index is 934. The van der Waals surface area contributed by atoms with Crippen molar-refractivity contribution in [2.24, 2.45) is 7.05 Å². The van der Waals surface area contributed by atoms with E-state index in [1.807, 2.05) is 56.6 Å². The SMILES string of the molecule is Cc1ccc(-c2cn(CC(=O)c3ccc(Br)cc3)c(=N)n2C)cc1. The fourth-order valence-corrected chi connectivity index (χ4v) is 2.86. The van der Waals surface area contributed by atoms with Crippen molar-refractivity contribution in [3.8, 4) is 11.3 Å². The summed E-state index contributed by atoms with van der Waals surface area (Å²) < 4.78 is 4.41. The van der Waals surface area contributed by atoms with Gasteiger partial charge < -0.3 is 9.13 Å². The van der Waals surface area contributed by atoms with Gasteiger partial charge in [-0.05, 0) is 24.6 Å². The van der Waals surface area contributed by atoms with E-state index in [9.17, 15) is 4.79 Å². The fraction of sp³-hybridized carbons (Fsp3) is 0.158. The lowest BCUT2D eigenvalue weighted by Crippen LogP contribution is -2.25. The number of carbonyl (C=O) groups excluding carboxylic acids is 1. The maximum absolute atomic E-state index is 12.5. The minimum atomic E-state index is -0.0120. The van der Waals surface area contributed by atoms with E-state index in [0.29, 0.717) is 11.2 Å². The van der Waals surface area contributed by atoms with Gasteiger partial charge in [-0.3, -0.25) is 10.2 Å². The van der Waals surface area contributed by atoms with E-state index < -0.39 is 0 Å². The summed E-state index contributed by atoms with van der Waals surface area (Å²) in [4.78, 5) is 12.5. The molecule has 0 saturated carbocycles. The van der Waals surface area contributed by atoms with Gasteiger partial charge in [0, 0.05) is 23.3 Å². The first-order valence-electron chi connectivity index (χ1n) is 7.62. The van der Waals surface area contributed by atoms with Gasteiger partial charge in [0.1, 0.15) is 0 Å². The van der Waals surface area contributed by atoms with Crippen LogP contribution in [0.3, 0.4) is 0 Å². The molecular formula is C19H18BrN3O. The molecule has 0 bridgehead atoms. The third-order valence-electron chi connectivity index (χ3n) is 4.06. The van der Waals surface area contributed by atoms with Gasteiger partial charge >= 0.3 is 0 Å². The highest BCUT2D eigenvalue weighted by Crippen LogP contribution is 2.18. The zero-order valence-corrected chi connectivity index (χ0v) is 15.2. The second-order valence-corrected chi connectivity index (χ2v) is 6.74. The van der Waals surface area contributed by atoms with E-state index in [1.54, 1.807) is 21.3 Å². The molecule has 0 aliphatic carbocycles. The van der Waals surface area contributed by atoms with Crippen molar-refractivity contribution in [1.82, 2.24) is 9.13 Å². The number of hydrogen-bond donors (Lipinski definition) is 1. The topological polar surface area (TPSA) is 50.8 Å². The zero-order valence-electron chi connectivity index (χ0n) is 13.6. The summed E-state index contributed by atoms with van der Waals surface area (Å²) in [6.45, 7) is 2.20. The standard InChI is InChI=1S/C19H18BrN3O/c1-13-3-5-14(6-4-13)17-11-23(19(21)22(17)2)12-18(24)15-7-9-16(20)10-8-15/h3-11,21H,12H2,1-2H3. The molecule has 0 atom stereocenters. The van der Waals surface area contributed by atoms with Crippen LogP contribution >= 0.6 is 15.9 Å². The van der Waals surface area contributed by atoms with Gasteiger partial charge in [0.2, 0.25) is 5.62 Å². The average molecular weight is 384 g/mol. The summed E-state index contributed by atoms with van der Waals surface area (Å²) in [6, 6.07) is 15.4. The molecule has 0 fully saturated rings. The molecule has 0 spiro atoms. The lowest BCUT2D eigenvalue weighted by atomic mass is 10.1. The number of benzene rings is 2. The summed E-state index contributed by atoms with van der Waals surface area (Å²) >= 11 is 3.37. The number of carbonyl (C=O) groups is 1. The number of imidazole rings is 1. The van der Waals surface area contributed by atoms with Crippen molar-refractivity contribution >= 4 is 21.7 Å². The Morgan fingerprint density at radius 1 is 1.08 bits per heavy atom. The Hall–Kier alpha value is -2.40. The molecule has 1 heterocycles. The number of halogens is 1. The van der Waals surface area contributed by atoms with Crippen LogP contribution in [0.25, 0.3) is 11.3 Å². The molecular weight excluding hydrogens is 366 g/mol. The number of nitrogens with zero attached hydrogens (tertiary/aromatic N) is 2. The molecule has 3 aromatic rings. The van der Waals surface area contributed by atoms with Gasteiger partial charge in [0.25, 0.3) is 0 Å². The smallest absolute Gasteiger partial charge is 0.202 e. The van der Waals surface area contributed by atoms with E-state index in [-0.39, 0.29) is 12.3 Å². The first kappa shape index (κ1) is 16.5. The molecule has 122 valence electrons. The monoisotopic (exact) mass is 383 g/mol. The number of aryl methyl sites for hydroxylation is 1. The summed E-state index contributed by atoms with van der Waals surface area (Å²) in [7, 11) is 1.85. The fourth-order valence-electron chi connectivity index (χ4n) is 2.60. The predicted molar refractivity (Wildman–Crippen MR) is 97.9 cm³/mol. The lowest BCUT2D eigenvalue weighted by molar-refractivity contribution is 0.0970. The van der Waals surface area contributed by atoms with E-state index in [4.69, 9.17) is 5.41 Å². The molecule has 2 aromatic carbocycles. The van der Waals surface area contributed by atoms with Crippen molar-refractivity contribution in [2.75, 3.05) is 0 Å². The summed E-state index contributed by atoms with van der Waals surface area (Å²) in [5.41, 5.74) is 4.09. The second kappa shape index (κ2) is 6.61. The largest absolute Gasteiger partial charge is 0.314 e. The van der Waals surface area contributed by atoms with Gasteiger partial charge in [-0.15, -0.1) is 0 Å². The first-order chi connectivity index (χ1) is 11.5. The number of aromatic nitrogens is 2. The highest BCUT2D eigenvalue weighted by atomic mass is 79.9. The predicted octanol–water partition coefficient (Wildman–Crippen LogP) is 3.93. The Balaban J connectivity index is 1.91. The van der Waals surface area contributed by atoms with E-state index in [0.717, 1.165) is 15.7 Å². The number of rotatable bonds is 4. The number of hydrogen-bond acceptors (Lipinski definition) is 2. The molecule has 5 heteroatoms. The van der Waals surface area contributed by atoms with E-state index in [1.165, 1.54) is 5.56 Å². The molecule has 0 aliphatic heterocycles. The van der Waals surface area contributed by atoms with Crippen molar-refractivity contribution in [2.45, 2.75) is 13.5 Å². The molecule has 1 aromatic heterocycles. The summed E-state index contributed by atoms with van der Waals surface area (Å²) in [5.74, 6) is -0.0120. The highest BCUT2D eigenvalue weighted by molar-refractivity contribution is 9.10. The van der Waals surface area contributed by atoms with Gasteiger partial charge in [-0.2, -0.15) is 0 Å². The Morgan fingerprint density at radius 2 is 1.71 bits per heavy atom. The van der Waals surface area contributed by atoms with Gasteiger partial charge in [-0.25, -0.2) is 0 Å². The first-order valence-corrected chi connectivity index (χ1v) is 8.41. The van der Waals surface area contributed by atoms with Crippen LogP contribution in [-0.2, 0) is 13.6 Å². The Morgan fingerprint density at radius 3 is 2.33 bits per heavy atom. The van der Waals surface area contributed by atoms with Crippen LogP contribution in [-0.4, -0.2) is 14.9 Å². The summed E-state index contributed by atoms with van der Waals surface area (Å²) in [5, 5.41) is 8.26. The quantitative estimate of drug-likeness (QED) is 0.681. The molecule has 0 aliphatic rings. The van der Waals surface area contributed by atoms with Crippen LogP contribution in [0, 0.1) is 12.3 Å². The van der Waals surface area contributed by atoms with Crippen LogP contribution in [0.15, 0.2) is 59.2 Å². The highest BCUT2D eigenvalue weighted by Gasteiger charge is 2.12. The third kappa shape index (κ3) is 3.26. The molecule has 0 radical (unpaired) electrons. The van der Waals surface area contributed by atoms with Crippen molar-refractivity contribution in [3.63, 3.8) is 0 Å². The van der Waals surface area contributed by atoms with Crippen molar-refractivity contribution in [1.29, 1.82) is 5.41 Å². The Labute approximate surface area is 149 Å².